The van der Waals surface area contributed by atoms with Crippen molar-refractivity contribution in [1.29, 1.82) is 0 Å². The van der Waals surface area contributed by atoms with E-state index in [1.807, 2.05) is 0 Å². The zero-order valence-corrected chi connectivity index (χ0v) is 10.8. The smallest absolute Gasteiger partial charge is 0.350 e. The fourth-order valence-corrected chi connectivity index (χ4v) is 1.56. The van der Waals surface area contributed by atoms with Crippen LogP contribution in [0.25, 0.3) is 5.65 Å². The molecule has 1 unspecified atom stereocenters. The molecule has 0 amide bonds. The van der Waals surface area contributed by atoms with Gasteiger partial charge in [-0.05, 0) is 19.1 Å². The molecule has 102 valence electrons. The third-order valence-electron chi connectivity index (χ3n) is 2.72. The highest BCUT2D eigenvalue weighted by Crippen LogP contribution is 1.96. The van der Waals surface area contributed by atoms with Crippen LogP contribution in [0.4, 0.5) is 0 Å². The van der Waals surface area contributed by atoms with Gasteiger partial charge in [0.2, 0.25) is 0 Å². The van der Waals surface area contributed by atoms with Crippen molar-refractivity contribution in [2.75, 3.05) is 13.7 Å². The van der Waals surface area contributed by atoms with Gasteiger partial charge in [0.05, 0.1) is 6.54 Å². The molecule has 2 heterocycles. The molecule has 7 nitrogen and oxygen atoms in total. The van der Waals surface area contributed by atoms with Crippen molar-refractivity contribution < 1.29 is 14.3 Å². The van der Waals surface area contributed by atoms with Gasteiger partial charge >= 0.3 is 11.7 Å². The number of methoxy groups -OCH3 is 1. The Bertz CT molecular complexity index is 631. The summed E-state index contributed by atoms with van der Waals surface area (Å²) in [7, 11) is 1.43. The fraction of sp³-hybridized carbons (Fsp3) is 0.417. The van der Waals surface area contributed by atoms with Crippen LogP contribution in [0.15, 0.2) is 29.2 Å². The van der Waals surface area contributed by atoms with Gasteiger partial charge < -0.3 is 9.47 Å². The van der Waals surface area contributed by atoms with E-state index < -0.39 is 12.1 Å². The Morgan fingerprint density at radius 2 is 2.26 bits per heavy atom. The molecule has 0 radical (unpaired) electrons. The van der Waals surface area contributed by atoms with Gasteiger partial charge in [-0.3, -0.25) is 4.40 Å². The second-order valence-corrected chi connectivity index (χ2v) is 3.98. The lowest BCUT2D eigenvalue weighted by Gasteiger charge is -2.08. The topological polar surface area (TPSA) is 74.8 Å². The number of hydrogen-bond donors (Lipinski definition) is 0. The molecule has 0 spiro atoms. The maximum absolute atomic E-state index is 11.9. The number of hydrogen-bond acceptors (Lipinski definition) is 5. The van der Waals surface area contributed by atoms with Crippen molar-refractivity contribution in [3.63, 3.8) is 0 Å². The third kappa shape index (κ3) is 2.82. The Labute approximate surface area is 109 Å². The normalized spacial score (nSPS) is 12.5. The first-order chi connectivity index (χ1) is 9.13. The zero-order chi connectivity index (χ0) is 13.8. The third-order valence-corrected chi connectivity index (χ3v) is 2.72. The van der Waals surface area contributed by atoms with E-state index in [9.17, 15) is 9.59 Å². The van der Waals surface area contributed by atoms with E-state index >= 15 is 0 Å². The van der Waals surface area contributed by atoms with Gasteiger partial charge in [-0.15, -0.1) is 5.10 Å². The van der Waals surface area contributed by atoms with E-state index in [-0.39, 0.29) is 18.8 Å². The minimum Gasteiger partial charge on any atom is -0.462 e. The standard InChI is InChI=1S/C12H15N3O4/c1-9(18-2)11(16)19-8-7-15-12(17)14-6-4-3-5-10(14)13-15/h3-6,9H,7-8H2,1-2H3. The highest BCUT2D eigenvalue weighted by molar-refractivity contribution is 5.74. The number of fused-ring (bicyclic) bond motifs is 1. The summed E-state index contributed by atoms with van der Waals surface area (Å²) in [4.78, 5) is 23.3. The summed E-state index contributed by atoms with van der Waals surface area (Å²) in [5.74, 6) is -0.459. The van der Waals surface area contributed by atoms with Crippen molar-refractivity contribution in [2.24, 2.45) is 0 Å². The highest BCUT2D eigenvalue weighted by Gasteiger charge is 2.13. The van der Waals surface area contributed by atoms with Crippen molar-refractivity contribution in [2.45, 2.75) is 19.6 Å². The van der Waals surface area contributed by atoms with Crippen LogP contribution in [0, 0.1) is 0 Å². The second kappa shape index (κ2) is 5.66. The average Bonchev–Trinajstić information content (AvgIpc) is 2.75. The average molecular weight is 265 g/mol. The number of carbonyl (C=O) groups is 1. The lowest BCUT2D eigenvalue weighted by molar-refractivity contribution is -0.154. The lowest BCUT2D eigenvalue weighted by atomic mass is 10.4. The minimum atomic E-state index is -0.613. The minimum absolute atomic E-state index is 0.0797. The fourth-order valence-electron chi connectivity index (χ4n) is 1.56. The molecule has 0 bridgehead atoms. The number of ether oxygens (including phenoxy) is 2. The number of aromatic nitrogens is 3. The first kappa shape index (κ1) is 13.3. The highest BCUT2D eigenvalue weighted by atomic mass is 16.6. The monoisotopic (exact) mass is 265 g/mol. The summed E-state index contributed by atoms with van der Waals surface area (Å²) in [6.07, 6.45) is 1.03. The molecule has 0 N–H and O–H groups in total. The number of carbonyl (C=O) groups excluding carboxylic acids is 1. The molecule has 2 aromatic heterocycles. The number of nitrogens with zero attached hydrogens (tertiary/aromatic N) is 3. The Morgan fingerprint density at radius 3 is 2.95 bits per heavy atom. The molecule has 0 aliphatic rings. The van der Waals surface area contributed by atoms with Gasteiger partial charge in [-0.25, -0.2) is 14.3 Å². The number of rotatable bonds is 5. The van der Waals surface area contributed by atoms with Crippen LogP contribution >= 0.6 is 0 Å². The van der Waals surface area contributed by atoms with E-state index in [0.717, 1.165) is 0 Å². The summed E-state index contributed by atoms with van der Waals surface area (Å²) >= 11 is 0. The molecule has 0 aromatic carbocycles. The Kier molecular flexibility index (Phi) is 3.96. The van der Waals surface area contributed by atoms with Gasteiger partial charge in [-0.1, -0.05) is 6.07 Å². The molecule has 19 heavy (non-hydrogen) atoms. The molecule has 2 rings (SSSR count). The van der Waals surface area contributed by atoms with E-state index in [1.54, 1.807) is 31.3 Å². The van der Waals surface area contributed by atoms with E-state index in [2.05, 4.69) is 5.10 Å². The molecular formula is C12H15N3O4. The van der Waals surface area contributed by atoms with Gasteiger partial charge in [0, 0.05) is 13.3 Å². The van der Waals surface area contributed by atoms with Gasteiger partial charge in [0.15, 0.2) is 11.8 Å². The SMILES string of the molecule is COC(C)C(=O)OCCn1nc2ccccn2c1=O. The van der Waals surface area contributed by atoms with Gasteiger partial charge in [0.25, 0.3) is 0 Å². The van der Waals surface area contributed by atoms with Crippen LogP contribution in [0.1, 0.15) is 6.92 Å². The maximum Gasteiger partial charge on any atom is 0.350 e. The predicted molar refractivity (Wildman–Crippen MR) is 66.9 cm³/mol. The molecule has 2 aromatic rings. The molecular weight excluding hydrogens is 250 g/mol. The summed E-state index contributed by atoms with van der Waals surface area (Å²) in [6.45, 7) is 1.89. The summed E-state index contributed by atoms with van der Waals surface area (Å²) in [5.41, 5.74) is 0.301. The Morgan fingerprint density at radius 1 is 1.47 bits per heavy atom. The maximum atomic E-state index is 11.9. The van der Waals surface area contributed by atoms with Crippen LogP contribution in [0.3, 0.4) is 0 Å². The first-order valence-corrected chi connectivity index (χ1v) is 5.87. The van der Waals surface area contributed by atoms with Crippen LogP contribution in [-0.4, -0.2) is 40.0 Å². The quantitative estimate of drug-likeness (QED) is 0.715. The molecule has 7 heteroatoms. The predicted octanol–water partition coefficient (Wildman–Crippen LogP) is 0.0741. The molecule has 0 saturated carbocycles. The van der Waals surface area contributed by atoms with Crippen LogP contribution in [0.5, 0.6) is 0 Å². The zero-order valence-electron chi connectivity index (χ0n) is 10.8. The van der Waals surface area contributed by atoms with Crippen molar-refractivity contribution in [1.82, 2.24) is 14.2 Å². The van der Waals surface area contributed by atoms with Gasteiger partial charge in [-0.2, -0.15) is 0 Å². The largest absolute Gasteiger partial charge is 0.462 e. The summed E-state index contributed by atoms with van der Waals surface area (Å²) in [5, 5.41) is 4.12. The number of pyridine rings is 1. The Hall–Kier alpha value is -2.15. The molecule has 1 atom stereocenters. The van der Waals surface area contributed by atoms with Crippen molar-refractivity contribution in [3.05, 3.63) is 34.9 Å². The van der Waals surface area contributed by atoms with E-state index in [0.29, 0.717) is 5.65 Å². The Balaban J connectivity index is 2.01. The second-order valence-electron chi connectivity index (χ2n) is 3.98. The molecule has 0 saturated heterocycles. The molecule has 0 aliphatic heterocycles. The van der Waals surface area contributed by atoms with E-state index in [1.165, 1.54) is 16.2 Å². The summed E-state index contributed by atoms with van der Waals surface area (Å²) in [6, 6.07) is 5.28. The summed E-state index contributed by atoms with van der Waals surface area (Å²) < 4.78 is 12.5. The van der Waals surface area contributed by atoms with Crippen LogP contribution < -0.4 is 5.69 Å². The molecule has 0 aliphatic carbocycles. The first-order valence-electron chi connectivity index (χ1n) is 5.87. The molecule has 0 fully saturated rings. The van der Waals surface area contributed by atoms with Crippen LogP contribution in [0.2, 0.25) is 0 Å². The number of esters is 1. The van der Waals surface area contributed by atoms with Gasteiger partial charge in [0.1, 0.15) is 6.61 Å². The lowest BCUT2D eigenvalue weighted by Crippen LogP contribution is -2.27. The van der Waals surface area contributed by atoms with Crippen LogP contribution in [-0.2, 0) is 20.8 Å². The van der Waals surface area contributed by atoms with E-state index in [4.69, 9.17) is 9.47 Å². The van der Waals surface area contributed by atoms with Crippen molar-refractivity contribution in [3.8, 4) is 0 Å². The van der Waals surface area contributed by atoms with Crippen molar-refractivity contribution >= 4 is 11.6 Å².